The van der Waals surface area contributed by atoms with Crippen molar-refractivity contribution in [2.24, 2.45) is 99.6 Å². The molecule has 0 bridgehead atoms. The molecule has 0 aromatic heterocycles. The maximum Gasteiger partial charge on any atom is 0.0579 e. The minimum absolute atomic E-state index is 0.401. The molecule has 0 N–H and O–H groups in total. The Labute approximate surface area is 482 Å². The van der Waals surface area contributed by atoms with E-state index in [1.807, 2.05) is 22.5 Å². The molecule has 15 aliphatic rings. The molecule has 0 radical (unpaired) electrons. The summed E-state index contributed by atoms with van der Waals surface area (Å²) in [5.74, 6) is 12.2. The Morgan fingerprint density at radius 3 is 2.25 bits per heavy atom. The van der Waals surface area contributed by atoms with Gasteiger partial charge in [0.2, 0.25) is 0 Å². The van der Waals surface area contributed by atoms with E-state index in [4.69, 9.17) is 4.74 Å². The van der Waals surface area contributed by atoms with Crippen LogP contribution >= 0.6 is 0 Å². The molecule has 1 saturated heterocycles. The van der Waals surface area contributed by atoms with E-state index in [1.165, 1.54) is 225 Å². The zero-order valence-electron chi connectivity index (χ0n) is 50.2. The van der Waals surface area contributed by atoms with Crippen molar-refractivity contribution >= 4 is 0 Å². The van der Waals surface area contributed by atoms with Gasteiger partial charge < -0.3 is 14.5 Å². The topological polar surface area (TPSA) is 15.7 Å². The van der Waals surface area contributed by atoms with E-state index < -0.39 is 0 Å². The van der Waals surface area contributed by atoms with Crippen molar-refractivity contribution in [3.05, 3.63) is 96.0 Å². The Balaban J connectivity index is 0.688. The van der Waals surface area contributed by atoms with Gasteiger partial charge in [-0.25, -0.2) is 0 Å². The fourth-order valence-corrected chi connectivity index (χ4v) is 24.9. The predicted octanol–water partition coefficient (Wildman–Crippen LogP) is 19.4. The summed E-state index contributed by atoms with van der Waals surface area (Å²) in [6.07, 6.45) is 79.6. The van der Waals surface area contributed by atoms with Crippen LogP contribution in [0.3, 0.4) is 0 Å². The summed E-state index contributed by atoms with van der Waals surface area (Å²) in [5.41, 5.74) is 8.39. The summed E-state index contributed by atoms with van der Waals surface area (Å²) < 4.78 is 7.10. The van der Waals surface area contributed by atoms with Crippen LogP contribution < -0.4 is 0 Å². The van der Waals surface area contributed by atoms with Crippen molar-refractivity contribution < 1.29 is 4.74 Å². The lowest BCUT2D eigenvalue weighted by atomic mass is 9.49. The van der Waals surface area contributed by atoms with Gasteiger partial charge in [0, 0.05) is 41.5 Å². The van der Waals surface area contributed by atoms with Crippen molar-refractivity contribution in [1.82, 2.24) is 9.80 Å². The standard InChI is InChI=1S/C76H110N2O/c1-4-50-29-40-59(41-30-50)79-60-42-34-55(35-43-60)76(54-19-6-5-7-20-54)69-26-14-11-23-63(69)65-45-38-57(49-71(65)76)77(72-28-16-18-52-17-8-9-21-61(52)72)56-36-31-51(32-37-56)53-33-46-74-67(47-53)66-24-12-15-27-73(66)78(74)58-39-44-64-62-22-10-13-25-68(62)75(2,3)70(64)48-58/h4,8,11,14,17,23,26-27,36,38,45,50-55,57-61,63-67,69-72,74H,1,5-7,9-10,12-13,15-16,18-22,24-25,28-35,37,39-44,46-49H2,2-3H3. The van der Waals surface area contributed by atoms with Crippen LogP contribution in [0.25, 0.3) is 0 Å². The first-order valence-corrected chi connectivity index (χ1v) is 35.5. The molecule has 15 rings (SSSR count). The molecule has 430 valence electrons. The van der Waals surface area contributed by atoms with Crippen LogP contribution in [0.5, 0.6) is 0 Å². The molecule has 79 heavy (non-hydrogen) atoms. The lowest BCUT2D eigenvalue weighted by molar-refractivity contribution is -0.0955. The molecule has 7 saturated carbocycles. The monoisotopic (exact) mass is 1070 g/mol. The highest BCUT2D eigenvalue weighted by Crippen LogP contribution is 2.70. The molecule has 0 aromatic carbocycles. The number of nitrogens with zero attached hydrogens (tertiary/aromatic N) is 2. The molecule has 0 aromatic rings. The highest BCUT2D eigenvalue weighted by molar-refractivity contribution is 5.36. The molecule has 3 nitrogen and oxygen atoms in total. The molecule has 3 heteroatoms. The summed E-state index contributed by atoms with van der Waals surface area (Å²) in [6.45, 7) is 9.52. The Morgan fingerprint density at radius 2 is 1.42 bits per heavy atom. The number of hydrogen-bond acceptors (Lipinski definition) is 3. The highest BCUT2D eigenvalue weighted by atomic mass is 16.5. The summed E-state index contributed by atoms with van der Waals surface area (Å²) in [6, 6.07) is 2.84. The van der Waals surface area contributed by atoms with E-state index in [9.17, 15) is 0 Å². The van der Waals surface area contributed by atoms with E-state index in [-0.39, 0.29) is 0 Å². The van der Waals surface area contributed by atoms with Gasteiger partial charge in [-0.3, -0.25) is 0 Å². The lowest BCUT2D eigenvalue weighted by Gasteiger charge is -2.57. The highest BCUT2D eigenvalue weighted by Gasteiger charge is 2.65. The quantitative estimate of drug-likeness (QED) is 0.203. The van der Waals surface area contributed by atoms with E-state index in [2.05, 4.69) is 97.1 Å². The van der Waals surface area contributed by atoms with Crippen molar-refractivity contribution in [2.45, 2.75) is 275 Å². The van der Waals surface area contributed by atoms with Crippen molar-refractivity contribution in [2.75, 3.05) is 0 Å². The van der Waals surface area contributed by atoms with Crippen LogP contribution in [0.1, 0.15) is 239 Å². The first-order chi connectivity index (χ1) is 38.9. The Bertz CT molecular complexity index is 2420. The predicted molar refractivity (Wildman–Crippen MR) is 328 cm³/mol. The molecular formula is C76H110N2O. The summed E-state index contributed by atoms with van der Waals surface area (Å²) in [5, 5.41) is 0. The Morgan fingerprint density at radius 1 is 0.595 bits per heavy atom. The molecule has 14 aliphatic carbocycles. The van der Waals surface area contributed by atoms with Gasteiger partial charge in [-0.2, -0.15) is 0 Å². The fourth-order valence-electron chi connectivity index (χ4n) is 24.9. The zero-order valence-corrected chi connectivity index (χ0v) is 50.2. The third-order valence-electron chi connectivity index (χ3n) is 28.2. The van der Waals surface area contributed by atoms with Gasteiger partial charge in [0.15, 0.2) is 0 Å². The van der Waals surface area contributed by atoms with E-state index >= 15 is 0 Å². The third-order valence-corrected chi connectivity index (χ3v) is 28.2. The average molecular weight is 1070 g/mol. The van der Waals surface area contributed by atoms with Crippen LogP contribution in [0.15, 0.2) is 96.0 Å². The second-order valence-corrected chi connectivity index (χ2v) is 31.4. The average Bonchev–Trinajstić information content (AvgIpc) is 4.28. The van der Waals surface area contributed by atoms with Gasteiger partial charge in [-0.15, -0.1) is 6.58 Å². The number of hydrogen-bond donors (Lipinski definition) is 0. The van der Waals surface area contributed by atoms with E-state index in [0.29, 0.717) is 58.8 Å². The molecular weight excluding hydrogens is 957 g/mol. The number of likely N-dealkylation sites (tertiary alicyclic amines) is 1. The smallest absolute Gasteiger partial charge is 0.0579 e. The minimum Gasteiger partial charge on any atom is -0.375 e. The second-order valence-electron chi connectivity index (χ2n) is 31.4. The van der Waals surface area contributed by atoms with Crippen molar-refractivity contribution in [3.8, 4) is 0 Å². The molecule has 0 spiro atoms. The molecule has 17 unspecified atom stereocenters. The van der Waals surface area contributed by atoms with Gasteiger partial charge in [0.25, 0.3) is 0 Å². The molecule has 0 amide bonds. The maximum atomic E-state index is 7.10. The number of ether oxygens (including phenoxy) is 1. The van der Waals surface area contributed by atoms with Crippen molar-refractivity contribution in [3.63, 3.8) is 0 Å². The zero-order chi connectivity index (χ0) is 52.8. The Kier molecular flexibility index (Phi) is 14.9. The SMILES string of the molecule is C=CC1CCC(OC2CCC(C3(C4CCCCC4)C4C=CC=CC4C4C=CC(N(C5=CCC(C6CCC7C(C6)C6CCCC=C6N7C6CCC7C8=C(CCCC8)C(C)(C)C7C6)CC5)C5CCCC6C=CCCC65)CC43)CC2)CC1. The molecule has 1 aliphatic heterocycles. The number of fused-ring (bicyclic) bond motifs is 9. The first-order valence-electron chi connectivity index (χ1n) is 35.5. The minimum atomic E-state index is 0.401. The number of rotatable bonds is 10. The van der Waals surface area contributed by atoms with Crippen LogP contribution in [0.4, 0.5) is 0 Å². The van der Waals surface area contributed by atoms with Gasteiger partial charge in [0.05, 0.1) is 12.2 Å². The van der Waals surface area contributed by atoms with E-state index in [1.54, 1.807) is 0 Å². The fraction of sp³-hybridized carbons (Fsp3) is 0.789. The third kappa shape index (κ3) is 9.20. The van der Waals surface area contributed by atoms with E-state index in [0.717, 1.165) is 77.2 Å². The molecule has 1 heterocycles. The molecule has 8 fully saturated rings. The summed E-state index contributed by atoms with van der Waals surface area (Å²) in [7, 11) is 0. The summed E-state index contributed by atoms with van der Waals surface area (Å²) in [4.78, 5) is 6.50. The van der Waals surface area contributed by atoms with Gasteiger partial charge in [-0.05, 0) is 293 Å². The van der Waals surface area contributed by atoms with Gasteiger partial charge in [-0.1, -0.05) is 118 Å². The summed E-state index contributed by atoms with van der Waals surface area (Å²) >= 11 is 0. The second kappa shape index (κ2) is 22.2. The van der Waals surface area contributed by atoms with Crippen LogP contribution in [-0.2, 0) is 4.74 Å². The Hall–Kier alpha value is -2.52. The normalized spacial score (nSPS) is 47.2. The van der Waals surface area contributed by atoms with Gasteiger partial charge in [0.1, 0.15) is 0 Å². The lowest BCUT2D eigenvalue weighted by Crippen LogP contribution is -2.54. The van der Waals surface area contributed by atoms with Crippen LogP contribution in [0.2, 0.25) is 0 Å². The van der Waals surface area contributed by atoms with Crippen molar-refractivity contribution in [1.29, 1.82) is 0 Å². The molecule has 17 atom stereocenters. The first kappa shape index (κ1) is 53.2. The largest absolute Gasteiger partial charge is 0.375 e. The van der Waals surface area contributed by atoms with Crippen LogP contribution in [0, 0.1) is 99.6 Å². The number of allylic oxidation sites excluding steroid dienone is 14. The van der Waals surface area contributed by atoms with Gasteiger partial charge >= 0.3 is 0 Å². The maximum absolute atomic E-state index is 7.10. The van der Waals surface area contributed by atoms with Crippen LogP contribution in [-0.4, -0.2) is 46.2 Å².